The first-order valence-electron chi connectivity index (χ1n) is 4.62. The summed E-state index contributed by atoms with van der Waals surface area (Å²) < 4.78 is 5.03. The van der Waals surface area contributed by atoms with Crippen molar-refractivity contribution in [3.63, 3.8) is 0 Å². The molecule has 1 atom stereocenters. The lowest BCUT2D eigenvalue weighted by Gasteiger charge is -2.20. The second kappa shape index (κ2) is 4.85. The van der Waals surface area contributed by atoms with Crippen molar-refractivity contribution in [1.82, 2.24) is 5.32 Å². The van der Waals surface area contributed by atoms with Gasteiger partial charge in [-0.1, -0.05) is 13.8 Å². The molecule has 0 aliphatic rings. The molecule has 0 heterocycles. The summed E-state index contributed by atoms with van der Waals surface area (Å²) in [6.45, 7) is 16.0. The summed E-state index contributed by atoms with van der Waals surface area (Å²) >= 11 is 0. The van der Waals surface area contributed by atoms with Gasteiger partial charge in [0.1, 0.15) is 5.60 Å². The van der Waals surface area contributed by atoms with Crippen LogP contribution in [0, 0.1) is 12.5 Å². The van der Waals surface area contributed by atoms with E-state index < -0.39 is 17.9 Å². The quantitative estimate of drug-likeness (QED) is 0.692. The molecule has 0 aromatic rings. The van der Waals surface area contributed by atoms with Crippen LogP contribution >= 0.6 is 0 Å². The number of ether oxygens (including phenoxy) is 1. The molecule has 4 nitrogen and oxygen atoms in total. The SMILES string of the molecule is [C-]#[N+]C(NC(=O)OC(C)(C)C)C(C)C. The van der Waals surface area contributed by atoms with Gasteiger partial charge in [0, 0.05) is 5.92 Å². The van der Waals surface area contributed by atoms with Crippen molar-refractivity contribution in [2.75, 3.05) is 0 Å². The van der Waals surface area contributed by atoms with Gasteiger partial charge in [0.05, 0.1) is 0 Å². The number of nitrogens with zero attached hydrogens (tertiary/aromatic N) is 1. The monoisotopic (exact) mass is 198 g/mol. The minimum Gasteiger partial charge on any atom is -0.444 e. The molecule has 0 aromatic heterocycles. The van der Waals surface area contributed by atoms with Crippen LogP contribution in [0.25, 0.3) is 4.85 Å². The fraction of sp³-hybridized carbons (Fsp3) is 0.800. The third-order valence-electron chi connectivity index (χ3n) is 1.44. The van der Waals surface area contributed by atoms with Crippen molar-refractivity contribution in [3.8, 4) is 0 Å². The van der Waals surface area contributed by atoms with Crippen LogP contribution in [0.4, 0.5) is 4.79 Å². The Labute approximate surface area is 85.5 Å². The van der Waals surface area contributed by atoms with Crippen molar-refractivity contribution in [2.45, 2.75) is 46.4 Å². The lowest BCUT2D eigenvalue weighted by Crippen LogP contribution is -2.39. The minimum atomic E-state index is -0.535. The highest BCUT2D eigenvalue weighted by Gasteiger charge is 2.23. The zero-order valence-electron chi connectivity index (χ0n) is 9.42. The van der Waals surface area contributed by atoms with Gasteiger partial charge in [0.2, 0.25) is 0 Å². The van der Waals surface area contributed by atoms with E-state index in [-0.39, 0.29) is 5.92 Å². The van der Waals surface area contributed by atoms with Crippen LogP contribution in [0.2, 0.25) is 0 Å². The van der Waals surface area contributed by atoms with Crippen molar-refractivity contribution in [1.29, 1.82) is 0 Å². The summed E-state index contributed by atoms with van der Waals surface area (Å²) in [4.78, 5) is 14.6. The van der Waals surface area contributed by atoms with Gasteiger partial charge in [-0.15, -0.1) is 0 Å². The highest BCUT2D eigenvalue weighted by Crippen LogP contribution is 2.08. The fourth-order valence-corrected chi connectivity index (χ4v) is 0.776. The van der Waals surface area contributed by atoms with Gasteiger partial charge < -0.3 is 4.74 Å². The zero-order valence-corrected chi connectivity index (χ0v) is 9.42. The van der Waals surface area contributed by atoms with Gasteiger partial charge in [-0.2, -0.15) is 0 Å². The summed E-state index contributed by atoms with van der Waals surface area (Å²) in [5.74, 6) is 0.0834. The summed E-state index contributed by atoms with van der Waals surface area (Å²) in [5, 5.41) is 2.51. The van der Waals surface area contributed by atoms with Crippen LogP contribution in [0.15, 0.2) is 0 Å². The minimum absolute atomic E-state index is 0.0834. The van der Waals surface area contributed by atoms with Crippen LogP contribution in [0.5, 0.6) is 0 Å². The molecule has 1 N–H and O–H groups in total. The molecule has 0 bridgehead atoms. The molecule has 1 amide bonds. The zero-order chi connectivity index (χ0) is 11.4. The van der Waals surface area contributed by atoms with E-state index in [2.05, 4.69) is 10.2 Å². The molecule has 0 spiro atoms. The van der Waals surface area contributed by atoms with E-state index in [0.717, 1.165) is 0 Å². The van der Waals surface area contributed by atoms with E-state index in [1.807, 2.05) is 13.8 Å². The number of amides is 1. The average Bonchev–Trinajstić information content (AvgIpc) is 1.96. The molecule has 0 fully saturated rings. The van der Waals surface area contributed by atoms with Gasteiger partial charge in [0.25, 0.3) is 0 Å². The molecule has 0 radical (unpaired) electrons. The number of carbonyl (C=O) groups excluding carboxylic acids is 1. The Kier molecular flexibility index (Phi) is 4.42. The number of alkyl carbamates (subject to hydrolysis) is 1. The standard InChI is InChI=1S/C10H18N2O2/c1-7(2)8(11-6)12-9(13)14-10(3,4)5/h7-8H,1-5H3,(H,12,13). The number of hydrogen-bond donors (Lipinski definition) is 1. The Morgan fingerprint density at radius 2 is 1.93 bits per heavy atom. The van der Waals surface area contributed by atoms with E-state index in [1.165, 1.54) is 0 Å². The largest absolute Gasteiger partial charge is 0.444 e. The molecule has 80 valence electrons. The summed E-state index contributed by atoms with van der Waals surface area (Å²) in [5.41, 5.74) is -0.520. The molecule has 0 rings (SSSR count). The van der Waals surface area contributed by atoms with E-state index in [4.69, 9.17) is 11.3 Å². The van der Waals surface area contributed by atoms with Crippen LogP contribution in [-0.2, 0) is 4.74 Å². The molecular formula is C10H18N2O2. The first-order chi connectivity index (χ1) is 6.26. The fourth-order valence-electron chi connectivity index (χ4n) is 0.776. The Morgan fingerprint density at radius 1 is 1.43 bits per heavy atom. The Balaban J connectivity index is 4.13. The topological polar surface area (TPSA) is 42.7 Å². The smallest absolute Gasteiger partial charge is 0.413 e. The molecular weight excluding hydrogens is 180 g/mol. The molecule has 0 saturated carbocycles. The number of rotatable bonds is 2. The summed E-state index contributed by atoms with van der Waals surface area (Å²) in [6, 6.07) is 0. The maximum Gasteiger partial charge on any atom is 0.413 e. The van der Waals surface area contributed by atoms with Gasteiger partial charge in [-0.05, 0) is 20.8 Å². The van der Waals surface area contributed by atoms with Crippen LogP contribution in [-0.4, -0.2) is 17.9 Å². The Morgan fingerprint density at radius 3 is 2.21 bits per heavy atom. The molecule has 1 unspecified atom stereocenters. The van der Waals surface area contributed by atoms with Crippen molar-refractivity contribution < 1.29 is 9.53 Å². The van der Waals surface area contributed by atoms with Crippen molar-refractivity contribution in [3.05, 3.63) is 11.4 Å². The number of hydrogen-bond acceptors (Lipinski definition) is 2. The molecule has 0 aliphatic carbocycles. The summed E-state index contributed by atoms with van der Waals surface area (Å²) in [7, 11) is 0. The number of carbonyl (C=O) groups is 1. The highest BCUT2D eigenvalue weighted by molar-refractivity contribution is 5.68. The molecule has 0 aromatic carbocycles. The van der Waals surface area contributed by atoms with E-state index in [9.17, 15) is 4.79 Å². The summed E-state index contributed by atoms with van der Waals surface area (Å²) in [6.07, 6.45) is -1.04. The lowest BCUT2D eigenvalue weighted by molar-refractivity contribution is 0.0503. The van der Waals surface area contributed by atoms with E-state index in [0.29, 0.717) is 0 Å². The van der Waals surface area contributed by atoms with Gasteiger partial charge >= 0.3 is 12.3 Å². The average molecular weight is 198 g/mol. The van der Waals surface area contributed by atoms with Gasteiger partial charge in [0.15, 0.2) is 0 Å². The van der Waals surface area contributed by atoms with Crippen LogP contribution < -0.4 is 5.32 Å². The first kappa shape index (κ1) is 12.8. The van der Waals surface area contributed by atoms with Crippen molar-refractivity contribution >= 4 is 6.09 Å². The number of nitrogens with one attached hydrogen (secondary N) is 1. The normalized spacial score (nSPS) is 13.2. The van der Waals surface area contributed by atoms with Crippen LogP contribution in [0.1, 0.15) is 34.6 Å². The maximum atomic E-state index is 11.3. The lowest BCUT2D eigenvalue weighted by atomic mass is 10.1. The third-order valence-corrected chi connectivity index (χ3v) is 1.44. The second-order valence-corrected chi connectivity index (χ2v) is 4.46. The predicted molar refractivity (Wildman–Crippen MR) is 54.6 cm³/mol. The predicted octanol–water partition coefficient (Wildman–Crippen LogP) is 2.41. The van der Waals surface area contributed by atoms with Gasteiger partial charge in [-0.25, -0.2) is 11.4 Å². The van der Waals surface area contributed by atoms with Gasteiger partial charge in [-0.3, -0.25) is 10.2 Å². The molecule has 14 heavy (non-hydrogen) atoms. The highest BCUT2D eigenvalue weighted by atomic mass is 16.6. The maximum absolute atomic E-state index is 11.3. The molecule has 0 aliphatic heterocycles. The molecule has 0 saturated heterocycles. The Hall–Kier alpha value is -1.24. The Bertz CT molecular complexity index is 235. The second-order valence-electron chi connectivity index (χ2n) is 4.46. The molecule has 4 heteroatoms. The third kappa shape index (κ3) is 5.41. The van der Waals surface area contributed by atoms with E-state index >= 15 is 0 Å². The van der Waals surface area contributed by atoms with Crippen molar-refractivity contribution in [2.24, 2.45) is 5.92 Å². The van der Waals surface area contributed by atoms with E-state index in [1.54, 1.807) is 20.8 Å². The first-order valence-corrected chi connectivity index (χ1v) is 4.62. The van der Waals surface area contributed by atoms with Crippen LogP contribution in [0.3, 0.4) is 0 Å².